The van der Waals surface area contributed by atoms with Gasteiger partial charge in [-0.3, -0.25) is 5.43 Å². The topological polar surface area (TPSA) is 60.2 Å². The molecule has 0 aliphatic carbocycles. The summed E-state index contributed by atoms with van der Waals surface area (Å²) in [6.45, 7) is 1.97. The van der Waals surface area contributed by atoms with Crippen molar-refractivity contribution in [2.45, 2.75) is 12.3 Å². The third-order valence-corrected chi connectivity index (χ3v) is 2.86. The molecule has 1 fully saturated rings. The predicted molar refractivity (Wildman–Crippen MR) is 61.5 cm³/mol. The highest BCUT2D eigenvalue weighted by Crippen LogP contribution is 2.23. The Balaban J connectivity index is 2.34. The molecule has 82 valence electrons. The van der Waals surface area contributed by atoms with Crippen molar-refractivity contribution < 1.29 is 4.39 Å². The zero-order valence-electron chi connectivity index (χ0n) is 8.49. The van der Waals surface area contributed by atoms with Gasteiger partial charge < -0.3 is 0 Å². The molecule has 2 N–H and O–H groups in total. The Labute approximate surface area is 96.5 Å². The van der Waals surface area contributed by atoms with Crippen molar-refractivity contribution in [2.24, 2.45) is 4.99 Å². The number of thioether (sulfide) groups is 1. The van der Waals surface area contributed by atoms with E-state index in [1.165, 1.54) is 30.0 Å². The zero-order chi connectivity index (χ0) is 11.5. The van der Waals surface area contributed by atoms with Crippen LogP contribution in [-0.2, 0) is 0 Å². The molecular formula is C10H9FN4S. The van der Waals surface area contributed by atoms with Gasteiger partial charge in [0.2, 0.25) is 0 Å². The van der Waals surface area contributed by atoms with Crippen LogP contribution in [0.3, 0.4) is 0 Å². The van der Waals surface area contributed by atoms with E-state index >= 15 is 0 Å². The largest absolute Gasteiger partial charge is 0.299 e. The number of amidine groups is 1. The second-order valence-electron chi connectivity index (χ2n) is 3.22. The van der Waals surface area contributed by atoms with E-state index in [1.54, 1.807) is 0 Å². The van der Waals surface area contributed by atoms with Crippen molar-refractivity contribution in [1.29, 1.82) is 5.26 Å². The van der Waals surface area contributed by atoms with E-state index in [0.29, 0.717) is 16.4 Å². The second-order valence-corrected chi connectivity index (χ2v) is 4.55. The summed E-state index contributed by atoms with van der Waals surface area (Å²) < 4.78 is 13.0. The van der Waals surface area contributed by atoms with Gasteiger partial charge in [0.1, 0.15) is 11.9 Å². The summed E-state index contributed by atoms with van der Waals surface area (Å²) in [5.74, 6) is -0.401. The van der Waals surface area contributed by atoms with Gasteiger partial charge in [-0.25, -0.2) is 14.8 Å². The van der Waals surface area contributed by atoms with Gasteiger partial charge in [0.05, 0.1) is 16.6 Å². The summed E-state index contributed by atoms with van der Waals surface area (Å²) in [4.78, 5) is 4.18. The molecule has 1 aliphatic heterocycles. The first-order valence-corrected chi connectivity index (χ1v) is 5.53. The number of halogens is 1. The summed E-state index contributed by atoms with van der Waals surface area (Å²) in [5.41, 5.74) is 6.50. The van der Waals surface area contributed by atoms with Crippen LogP contribution in [-0.4, -0.2) is 10.5 Å². The van der Waals surface area contributed by atoms with E-state index < -0.39 is 5.82 Å². The second kappa shape index (κ2) is 4.51. The molecule has 1 aromatic carbocycles. The first-order chi connectivity index (χ1) is 7.69. The van der Waals surface area contributed by atoms with Crippen LogP contribution >= 0.6 is 11.8 Å². The van der Waals surface area contributed by atoms with Gasteiger partial charge in [0, 0.05) is 6.07 Å². The minimum atomic E-state index is -0.401. The predicted octanol–water partition coefficient (Wildman–Crippen LogP) is 1.87. The Kier molecular flexibility index (Phi) is 3.08. The van der Waals surface area contributed by atoms with Crippen molar-refractivity contribution in [1.82, 2.24) is 10.9 Å². The molecule has 1 aromatic rings. The molecule has 0 amide bonds. The molecule has 1 heterocycles. The molecule has 4 nitrogen and oxygen atoms in total. The maximum absolute atomic E-state index is 13.0. The molecule has 1 unspecified atom stereocenters. The minimum absolute atomic E-state index is 0.206. The van der Waals surface area contributed by atoms with Gasteiger partial charge in [-0.05, 0) is 19.1 Å². The normalized spacial score (nSPS) is 21.8. The number of nitrogens with one attached hydrogen (secondary N) is 2. The lowest BCUT2D eigenvalue weighted by molar-refractivity contribution is 0.628. The van der Waals surface area contributed by atoms with E-state index in [2.05, 4.69) is 15.8 Å². The molecule has 1 atom stereocenters. The fourth-order valence-electron chi connectivity index (χ4n) is 1.25. The first kappa shape index (κ1) is 10.9. The van der Waals surface area contributed by atoms with E-state index in [1.807, 2.05) is 13.0 Å². The van der Waals surface area contributed by atoms with Crippen LogP contribution < -0.4 is 10.9 Å². The average Bonchev–Trinajstić information content (AvgIpc) is 2.64. The van der Waals surface area contributed by atoms with Crippen LogP contribution in [0.1, 0.15) is 12.5 Å². The summed E-state index contributed by atoms with van der Waals surface area (Å²) in [5, 5.41) is 9.69. The number of hydrogen-bond acceptors (Lipinski definition) is 4. The van der Waals surface area contributed by atoms with E-state index in [4.69, 9.17) is 5.26 Å². The van der Waals surface area contributed by atoms with Gasteiger partial charge in [-0.1, -0.05) is 11.8 Å². The molecule has 0 bridgehead atoms. The number of hydrazine groups is 1. The number of benzene rings is 1. The monoisotopic (exact) mass is 236 g/mol. The number of hydrogen-bond donors (Lipinski definition) is 2. The van der Waals surface area contributed by atoms with Crippen molar-refractivity contribution >= 4 is 22.6 Å². The van der Waals surface area contributed by atoms with E-state index in [-0.39, 0.29) is 5.37 Å². The number of rotatable bonds is 1. The molecular weight excluding hydrogens is 227 g/mol. The van der Waals surface area contributed by atoms with Crippen molar-refractivity contribution in [3.05, 3.63) is 29.6 Å². The third kappa shape index (κ3) is 2.32. The lowest BCUT2D eigenvalue weighted by atomic mass is 10.2. The third-order valence-electron chi connectivity index (χ3n) is 1.97. The molecule has 0 radical (unpaired) electrons. The van der Waals surface area contributed by atoms with Gasteiger partial charge in [0.25, 0.3) is 0 Å². The molecule has 1 aliphatic rings. The fraction of sp³-hybridized carbons (Fsp3) is 0.200. The van der Waals surface area contributed by atoms with Gasteiger partial charge in [0.15, 0.2) is 5.17 Å². The summed E-state index contributed by atoms with van der Waals surface area (Å²) >= 11 is 1.48. The number of aliphatic imine (C=N–C) groups is 1. The molecule has 0 aromatic heterocycles. The summed E-state index contributed by atoms with van der Waals surface area (Å²) in [6, 6.07) is 5.89. The van der Waals surface area contributed by atoms with Gasteiger partial charge in [-0.2, -0.15) is 5.26 Å². The number of nitriles is 1. The average molecular weight is 236 g/mol. The van der Waals surface area contributed by atoms with Gasteiger partial charge >= 0.3 is 0 Å². The van der Waals surface area contributed by atoms with Crippen LogP contribution in [0, 0.1) is 17.1 Å². The van der Waals surface area contributed by atoms with Crippen LogP contribution in [0.5, 0.6) is 0 Å². The smallest absolute Gasteiger partial charge is 0.177 e. The quantitative estimate of drug-likeness (QED) is 0.781. The van der Waals surface area contributed by atoms with Crippen LogP contribution in [0.4, 0.5) is 10.1 Å². The summed E-state index contributed by atoms with van der Waals surface area (Å²) in [7, 11) is 0. The Hall–Kier alpha value is -1.58. The molecule has 0 spiro atoms. The Morgan fingerprint density at radius 3 is 3.00 bits per heavy atom. The van der Waals surface area contributed by atoms with Crippen molar-refractivity contribution in [2.75, 3.05) is 0 Å². The molecule has 6 heteroatoms. The lowest BCUT2D eigenvalue weighted by Crippen LogP contribution is -2.29. The van der Waals surface area contributed by atoms with Crippen LogP contribution in [0.2, 0.25) is 0 Å². The standard InChI is InChI=1S/C10H9FN4S/c1-6-14-15-10(16-6)13-9-4-8(11)3-2-7(9)5-12/h2-4,6,14H,1H3,(H,13,15). The molecule has 1 saturated heterocycles. The Morgan fingerprint density at radius 2 is 2.38 bits per heavy atom. The Bertz CT molecular complexity index is 480. The first-order valence-electron chi connectivity index (χ1n) is 4.65. The van der Waals surface area contributed by atoms with Crippen molar-refractivity contribution in [3.63, 3.8) is 0 Å². The van der Waals surface area contributed by atoms with E-state index in [0.717, 1.165) is 0 Å². The fourth-order valence-corrected chi connectivity index (χ4v) is 1.97. The molecule has 16 heavy (non-hydrogen) atoms. The minimum Gasteiger partial charge on any atom is -0.299 e. The highest BCUT2D eigenvalue weighted by Gasteiger charge is 2.16. The van der Waals surface area contributed by atoms with Crippen LogP contribution in [0.25, 0.3) is 0 Å². The zero-order valence-corrected chi connectivity index (χ0v) is 9.31. The van der Waals surface area contributed by atoms with E-state index in [9.17, 15) is 4.39 Å². The SMILES string of the molecule is CC1NNC(=Nc2cc(F)ccc2C#N)S1. The summed E-state index contributed by atoms with van der Waals surface area (Å²) in [6.07, 6.45) is 0. The van der Waals surface area contributed by atoms with Gasteiger partial charge in [-0.15, -0.1) is 0 Å². The van der Waals surface area contributed by atoms with Crippen LogP contribution in [0.15, 0.2) is 23.2 Å². The van der Waals surface area contributed by atoms with Crippen molar-refractivity contribution in [3.8, 4) is 6.07 Å². The Morgan fingerprint density at radius 1 is 1.56 bits per heavy atom. The molecule has 2 rings (SSSR count). The maximum atomic E-state index is 13.0. The highest BCUT2D eigenvalue weighted by molar-refractivity contribution is 8.14. The lowest BCUT2D eigenvalue weighted by Gasteiger charge is -1.99. The molecule has 0 saturated carbocycles. The number of nitrogens with zero attached hydrogens (tertiary/aromatic N) is 2. The maximum Gasteiger partial charge on any atom is 0.177 e. The highest BCUT2D eigenvalue weighted by atomic mass is 32.2.